The Balaban J connectivity index is 7.00. The molecule has 0 fully saturated rings. The van der Waals surface area contributed by atoms with Crippen molar-refractivity contribution in [2.24, 2.45) is 0 Å². The average molecular weight is 658 g/mol. The van der Waals surface area contributed by atoms with Gasteiger partial charge in [0.15, 0.2) is 0 Å². The molecule has 22 heteroatoms. The molecule has 0 aromatic rings. The third kappa shape index (κ3) is 10.4. The summed E-state index contributed by atoms with van der Waals surface area (Å²) in [5, 5.41) is 0. The van der Waals surface area contributed by atoms with Gasteiger partial charge in [-0.3, -0.25) is 26.7 Å². The van der Waals surface area contributed by atoms with Gasteiger partial charge < -0.3 is 0 Å². The maximum Gasteiger partial charge on any atom is 0.341 e. The van der Waals surface area contributed by atoms with E-state index in [0.717, 1.165) is 0 Å². The molecule has 0 bridgehead atoms. The van der Waals surface area contributed by atoms with Crippen LogP contribution in [-0.2, 0) is 13.6 Å². The lowest BCUT2D eigenvalue weighted by Crippen LogP contribution is -2.52. The van der Waals surface area contributed by atoms with E-state index >= 15 is 13.2 Å². The van der Waals surface area contributed by atoms with Crippen molar-refractivity contribution in [3.63, 3.8) is 0 Å². The highest BCUT2D eigenvalue weighted by atomic mass is 31.2. The van der Waals surface area contributed by atoms with Crippen molar-refractivity contribution < 1.29 is 92.6 Å². The molecule has 0 aromatic carbocycles. The topological polar surface area (TPSA) is 27.7 Å². The standard InChI is InChI=1S/C18H21F18O3P/c19-4-1-16(34,13(28,29)7-10(22)23)37-40(38-17(35,2-5-20)14(30,31)8-11(24)25)39-18(36,3-6-21)15(32,33)9-12(26)27/h10-12H,1-9H2. The summed E-state index contributed by atoms with van der Waals surface area (Å²) >= 11 is 0. The molecular formula is C18H21F18O3P. The highest BCUT2D eigenvalue weighted by Crippen LogP contribution is 2.61. The van der Waals surface area contributed by atoms with Gasteiger partial charge in [-0.05, 0) is 0 Å². The number of alkyl halides is 18. The molecule has 0 radical (unpaired) electrons. The molecule has 0 amide bonds. The molecule has 3 unspecified atom stereocenters. The molecule has 0 saturated carbocycles. The Morgan fingerprint density at radius 2 is 0.625 bits per heavy atom. The molecule has 0 heterocycles. The van der Waals surface area contributed by atoms with Gasteiger partial charge in [0.1, 0.15) is 0 Å². The SMILES string of the molecule is FCCC(F)(OP(OC(F)(CCF)C(F)(F)CC(F)F)OC(F)(CCF)C(F)(F)CC(F)F)C(F)(F)CC(F)F. The number of halogens is 18. The molecule has 0 N–H and O–H groups in total. The minimum Gasteiger partial charge on any atom is -0.267 e. The monoisotopic (exact) mass is 658 g/mol. The lowest BCUT2D eigenvalue weighted by Gasteiger charge is -2.41. The van der Waals surface area contributed by atoms with Crippen LogP contribution in [0.5, 0.6) is 0 Å². The quantitative estimate of drug-likeness (QED) is 0.0910. The van der Waals surface area contributed by atoms with Crippen LogP contribution in [0.15, 0.2) is 0 Å². The van der Waals surface area contributed by atoms with E-state index in [1.807, 2.05) is 0 Å². The summed E-state index contributed by atoms with van der Waals surface area (Å²) in [5.74, 6) is -33.1. The average Bonchev–Trinajstić information content (AvgIpc) is 2.71. The second-order valence-electron chi connectivity index (χ2n) is 7.90. The fourth-order valence-corrected chi connectivity index (χ4v) is 4.19. The Morgan fingerprint density at radius 1 is 0.425 bits per heavy atom. The van der Waals surface area contributed by atoms with E-state index in [1.165, 1.54) is 0 Å². The van der Waals surface area contributed by atoms with E-state index in [-0.39, 0.29) is 0 Å². The summed E-state index contributed by atoms with van der Waals surface area (Å²) in [4.78, 5) is 0. The smallest absolute Gasteiger partial charge is 0.267 e. The van der Waals surface area contributed by atoms with Crippen LogP contribution in [0.4, 0.5) is 79.0 Å². The first-order chi connectivity index (χ1) is 18.0. The van der Waals surface area contributed by atoms with Crippen LogP contribution in [0.2, 0.25) is 0 Å². The van der Waals surface area contributed by atoms with Crippen molar-refractivity contribution in [2.75, 3.05) is 20.0 Å². The Kier molecular flexibility index (Phi) is 14.6. The summed E-state index contributed by atoms with van der Waals surface area (Å²) in [7, 11) is -5.43. The molecular weight excluding hydrogens is 637 g/mol. The van der Waals surface area contributed by atoms with Gasteiger partial charge in [0, 0.05) is 19.3 Å². The molecule has 0 rings (SSSR count). The Bertz CT molecular complexity index is 654. The van der Waals surface area contributed by atoms with Crippen molar-refractivity contribution in [3.05, 3.63) is 0 Å². The molecule has 0 aliphatic rings. The van der Waals surface area contributed by atoms with Crippen LogP contribution in [-0.4, -0.2) is 74.6 Å². The van der Waals surface area contributed by atoms with Crippen LogP contribution < -0.4 is 0 Å². The summed E-state index contributed by atoms with van der Waals surface area (Å²) in [5.41, 5.74) is 0. The Morgan fingerprint density at radius 3 is 0.775 bits per heavy atom. The molecule has 0 aromatic heterocycles. The third-order valence-corrected chi connectivity index (χ3v) is 6.09. The van der Waals surface area contributed by atoms with Crippen molar-refractivity contribution >= 4 is 8.60 Å². The predicted octanol–water partition coefficient (Wildman–Crippen LogP) is 9.21. The molecule has 3 nitrogen and oxygen atoms in total. The van der Waals surface area contributed by atoms with Crippen molar-refractivity contribution in [2.45, 2.75) is 93.1 Å². The van der Waals surface area contributed by atoms with Gasteiger partial charge in [0.05, 0.1) is 39.3 Å². The first-order valence-electron chi connectivity index (χ1n) is 10.6. The number of hydrogen-bond acceptors (Lipinski definition) is 3. The normalized spacial score (nSPS) is 19.1. The zero-order valence-corrected chi connectivity index (χ0v) is 20.5. The Hall–Kier alpha value is -0.950. The van der Waals surface area contributed by atoms with Gasteiger partial charge in [0.25, 0.3) is 17.6 Å². The zero-order valence-electron chi connectivity index (χ0n) is 19.6. The molecule has 0 spiro atoms. The van der Waals surface area contributed by atoms with Gasteiger partial charge in [-0.25, -0.2) is 65.9 Å². The van der Waals surface area contributed by atoms with E-state index < -0.39 is 122 Å². The van der Waals surface area contributed by atoms with Crippen LogP contribution in [0, 0.1) is 0 Å². The summed E-state index contributed by atoms with van der Waals surface area (Å²) in [6.07, 6.45) is -28.6. The molecule has 0 aliphatic carbocycles. The molecule has 3 atom stereocenters. The zero-order chi connectivity index (χ0) is 31.8. The highest BCUT2D eigenvalue weighted by molar-refractivity contribution is 7.41. The maximum atomic E-state index is 15.0. The highest BCUT2D eigenvalue weighted by Gasteiger charge is 2.66. The van der Waals surface area contributed by atoms with Gasteiger partial charge in [-0.2, -0.15) is 0 Å². The van der Waals surface area contributed by atoms with Gasteiger partial charge >= 0.3 is 26.4 Å². The predicted molar refractivity (Wildman–Crippen MR) is 100 cm³/mol. The van der Waals surface area contributed by atoms with E-state index in [0.29, 0.717) is 0 Å². The van der Waals surface area contributed by atoms with Crippen LogP contribution in [0.3, 0.4) is 0 Å². The summed E-state index contributed by atoms with van der Waals surface area (Å²) < 4.78 is 255. The van der Waals surface area contributed by atoms with E-state index in [2.05, 4.69) is 13.6 Å². The van der Waals surface area contributed by atoms with Crippen LogP contribution in [0.1, 0.15) is 38.5 Å². The number of rotatable bonds is 21. The van der Waals surface area contributed by atoms with Gasteiger partial charge in [-0.15, -0.1) is 0 Å². The summed E-state index contributed by atoms with van der Waals surface area (Å²) in [6, 6.07) is 0. The fraction of sp³-hybridized carbons (Fsp3) is 1.00. The fourth-order valence-electron chi connectivity index (χ4n) is 2.70. The lowest BCUT2D eigenvalue weighted by molar-refractivity contribution is -0.299. The minimum absolute atomic E-state index is 2.34. The lowest BCUT2D eigenvalue weighted by atomic mass is 10.0. The number of hydrogen-bond donors (Lipinski definition) is 0. The van der Waals surface area contributed by atoms with Gasteiger partial charge in [0.2, 0.25) is 19.3 Å². The molecule has 0 aliphatic heterocycles. The molecule has 0 saturated heterocycles. The minimum atomic E-state index is -5.68. The maximum absolute atomic E-state index is 15.0. The van der Waals surface area contributed by atoms with E-state index in [9.17, 15) is 65.9 Å². The largest absolute Gasteiger partial charge is 0.341 e. The first-order valence-corrected chi connectivity index (χ1v) is 11.7. The van der Waals surface area contributed by atoms with Crippen molar-refractivity contribution in [1.82, 2.24) is 0 Å². The van der Waals surface area contributed by atoms with Crippen LogP contribution in [0.25, 0.3) is 0 Å². The third-order valence-electron chi connectivity index (χ3n) is 4.78. The first kappa shape index (κ1) is 39.0. The summed E-state index contributed by atoms with van der Waals surface area (Å²) in [6.45, 7) is -7.01. The molecule has 242 valence electrons. The molecule has 40 heavy (non-hydrogen) atoms. The van der Waals surface area contributed by atoms with Gasteiger partial charge in [-0.1, -0.05) is 0 Å². The van der Waals surface area contributed by atoms with E-state index in [1.54, 1.807) is 0 Å². The van der Waals surface area contributed by atoms with Crippen molar-refractivity contribution in [1.29, 1.82) is 0 Å². The second kappa shape index (κ2) is 15.0. The van der Waals surface area contributed by atoms with E-state index in [4.69, 9.17) is 0 Å². The van der Waals surface area contributed by atoms with Crippen LogP contribution >= 0.6 is 8.60 Å². The van der Waals surface area contributed by atoms with Crippen molar-refractivity contribution in [3.8, 4) is 0 Å². The Labute approximate surface area is 215 Å². The second-order valence-corrected chi connectivity index (χ2v) is 8.89.